The highest BCUT2D eigenvalue weighted by molar-refractivity contribution is 5.97. The maximum atomic E-state index is 12.5. The first-order valence-electron chi connectivity index (χ1n) is 7.13. The quantitative estimate of drug-likeness (QED) is 0.654. The largest absolute Gasteiger partial charge is 0.343 e. The Bertz CT molecular complexity index is 664. The van der Waals surface area contributed by atoms with Crippen LogP contribution in [-0.4, -0.2) is 11.7 Å². The molecule has 2 aromatic rings. The standard InChI is InChI=1S/C19H19NO2/c1-3-18(22)20-19(2,16-12-8-5-9-13-16)14-17(21)15-10-6-4-7-11-15/h3-13H,1,14H2,2H3,(H,20,22). The van der Waals surface area contributed by atoms with Gasteiger partial charge in [-0.15, -0.1) is 0 Å². The molecule has 1 atom stereocenters. The van der Waals surface area contributed by atoms with Gasteiger partial charge in [0.2, 0.25) is 5.91 Å². The summed E-state index contributed by atoms with van der Waals surface area (Å²) in [6, 6.07) is 18.6. The first-order valence-corrected chi connectivity index (χ1v) is 7.13. The van der Waals surface area contributed by atoms with E-state index in [9.17, 15) is 9.59 Å². The van der Waals surface area contributed by atoms with E-state index in [1.165, 1.54) is 6.08 Å². The average Bonchev–Trinajstić information content (AvgIpc) is 2.56. The molecule has 0 bridgehead atoms. The zero-order chi connectivity index (χ0) is 16.0. The number of benzene rings is 2. The third-order valence-electron chi connectivity index (χ3n) is 3.61. The molecule has 0 aliphatic rings. The van der Waals surface area contributed by atoms with Gasteiger partial charge in [0, 0.05) is 12.0 Å². The second kappa shape index (κ2) is 6.85. The Morgan fingerprint density at radius 3 is 2.14 bits per heavy atom. The fourth-order valence-corrected chi connectivity index (χ4v) is 2.39. The van der Waals surface area contributed by atoms with Gasteiger partial charge in [0.15, 0.2) is 5.78 Å². The van der Waals surface area contributed by atoms with Gasteiger partial charge < -0.3 is 5.32 Å². The zero-order valence-corrected chi connectivity index (χ0v) is 12.6. The van der Waals surface area contributed by atoms with Crippen LogP contribution in [-0.2, 0) is 10.3 Å². The molecule has 3 nitrogen and oxygen atoms in total. The van der Waals surface area contributed by atoms with Gasteiger partial charge in [-0.05, 0) is 18.6 Å². The summed E-state index contributed by atoms with van der Waals surface area (Å²) in [5.74, 6) is -0.316. The van der Waals surface area contributed by atoms with Crippen LogP contribution in [0.2, 0.25) is 0 Å². The van der Waals surface area contributed by atoms with Crippen molar-refractivity contribution in [1.82, 2.24) is 5.32 Å². The summed E-state index contributed by atoms with van der Waals surface area (Å²) in [4.78, 5) is 24.3. The predicted molar refractivity (Wildman–Crippen MR) is 87.5 cm³/mol. The lowest BCUT2D eigenvalue weighted by atomic mass is 9.85. The number of hydrogen-bond donors (Lipinski definition) is 1. The lowest BCUT2D eigenvalue weighted by molar-refractivity contribution is -0.118. The molecule has 112 valence electrons. The fraction of sp³-hybridized carbons (Fsp3) is 0.158. The summed E-state index contributed by atoms with van der Waals surface area (Å²) in [5, 5.41) is 2.88. The average molecular weight is 293 g/mol. The van der Waals surface area contributed by atoms with Crippen molar-refractivity contribution in [2.75, 3.05) is 0 Å². The second-order valence-electron chi connectivity index (χ2n) is 5.36. The maximum absolute atomic E-state index is 12.5. The molecule has 0 aromatic heterocycles. The second-order valence-corrected chi connectivity index (χ2v) is 5.36. The van der Waals surface area contributed by atoms with Crippen LogP contribution >= 0.6 is 0 Å². The number of rotatable bonds is 6. The Morgan fingerprint density at radius 2 is 1.59 bits per heavy atom. The van der Waals surface area contributed by atoms with Gasteiger partial charge in [0.25, 0.3) is 0 Å². The number of carbonyl (C=O) groups is 2. The predicted octanol–water partition coefficient (Wildman–Crippen LogP) is 3.48. The van der Waals surface area contributed by atoms with E-state index in [-0.39, 0.29) is 18.1 Å². The summed E-state index contributed by atoms with van der Waals surface area (Å²) in [5.41, 5.74) is 0.742. The summed E-state index contributed by atoms with van der Waals surface area (Å²) in [6.07, 6.45) is 1.40. The van der Waals surface area contributed by atoms with Crippen molar-refractivity contribution in [2.24, 2.45) is 0 Å². The van der Waals surface area contributed by atoms with E-state index in [0.29, 0.717) is 5.56 Å². The molecule has 0 aliphatic carbocycles. The molecule has 3 heteroatoms. The summed E-state index contributed by atoms with van der Waals surface area (Å²) in [7, 11) is 0. The van der Waals surface area contributed by atoms with Crippen molar-refractivity contribution in [3.05, 3.63) is 84.4 Å². The SMILES string of the molecule is C=CC(=O)NC(C)(CC(=O)c1ccccc1)c1ccccc1. The van der Waals surface area contributed by atoms with E-state index in [1.807, 2.05) is 55.5 Å². The third kappa shape index (κ3) is 3.70. The van der Waals surface area contributed by atoms with Crippen molar-refractivity contribution < 1.29 is 9.59 Å². The van der Waals surface area contributed by atoms with Crippen LogP contribution in [0.5, 0.6) is 0 Å². The molecule has 0 heterocycles. The van der Waals surface area contributed by atoms with E-state index < -0.39 is 5.54 Å². The molecule has 1 N–H and O–H groups in total. The van der Waals surface area contributed by atoms with Crippen LogP contribution in [0.4, 0.5) is 0 Å². The molecule has 0 saturated heterocycles. The minimum Gasteiger partial charge on any atom is -0.343 e. The summed E-state index contributed by atoms with van der Waals surface area (Å²) >= 11 is 0. The minimum absolute atomic E-state index is 0.0173. The molecule has 2 aromatic carbocycles. The number of Topliss-reactive ketones (excluding diaryl/α,β-unsaturated/α-hetero) is 1. The van der Waals surface area contributed by atoms with Gasteiger partial charge in [-0.3, -0.25) is 9.59 Å². The van der Waals surface area contributed by atoms with Crippen LogP contribution in [0.15, 0.2) is 73.3 Å². The lowest BCUT2D eigenvalue weighted by Crippen LogP contribution is -2.44. The van der Waals surface area contributed by atoms with Crippen molar-refractivity contribution in [3.63, 3.8) is 0 Å². The van der Waals surface area contributed by atoms with Crippen molar-refractivity contribution >= 4 is 11.7 Å². The van der Waals surface area contributed by atoms with Gasteiger partial charge in [-0.2, -0.15) is 0 Å². The van der Waals surface area contributed by atoms with Crippen molar-refractivity contribution in [3.8, 4) is 0 Å². The van der Waals surface area contributed by atoms with E-state index in [4.69, 9.17) is 0 Å². The van der Waals surface area contributed by atoms with Gasteiger partial charge >= 0.3 is 0 Å². The number of hydrogen-bond acceptors (Lipinski definition) is 2. The Labute approximate surface area is 130 Å². The fourth-order valence-electron chi connectivity index (χ4n) is 2.39. The van der Waals surface area contributed by atoms with Crippen LogP contribution in [0.3, 0.4) is 0 Å². The number of nitrogens with one attached hydrogen (secondary N) is 1. The maximum Gasteiger partial charge on any atom is 0.244 e. The molecule has 1 unspecified atom stereocenters. The normalized spacial score (nSPS) is 13.0. The first kappa shape index (κ1) is 15.7. The van der Waals surface area contributed by atoms with Crippen molar-refractivity contribution in [1.29, 1.82) is 0 Å². The first-order chi connectivity index (χ1) is 10.5. The number of amides is 1. The van der Waals surface area contributed by atoms with Gasteiger partial charge in [0.1, 0.15) is 0 Å². The molecule has 0 spiro atoms. The van der Waals surface area contributed by atoms with Gasteiger partial charge in [0.05, 0.1) is 5.54 Å². The lowest BCUT2D eigenvalue weighted by Gasteiger charge is -2.30. The van der Waals surface area contributed by atoms with Crippen LogP contribution in [0, 0.1) is 0 Å². The van der Waals surface area contributed by atoms with Crippen LogP contribution in [0.25, 0.3) is 0 Å². The highest BCUT2D eigenvalue weighted by atomic mass is 16.1. The molecular weight excluding hydrogens is 274 g/mol. The smallest absolute Gasteiger partial charge is 0.244 e. The summed E-state index contributed by atoms with van der Waals surface area (Å²) < 4.78 is 0. The highest BCUT2D eigenvalue weighted by Crippen LogP contribution is 2.26. The molecule has 0 aliphatic heterocycles. The van der Waals surface area contributed by atoms with E-state index in [2.05, 4.69) is 11.9 Å². The van der Waals surface area contributed by atoms with Gasteiger partial charge in [-0.1, -0.05) is 67.2 Å². The van der Waals surface area contributed by atoms with Gasteiger partial charge in [-0.25, -0.2) is 0 Å². The Hall–Kier alpha value is -2.68. The number of carbonyl (C=O) groups excluding carboxylic acids is 2. The Balaban J connectivity index is 2.31. The molecule has 0 radical (unpaired) electrons. The summed E-state index contributed by atoms with van der Waals surface area (Å²) in [6.45, 7) is 5.33. The van der Waals surface area contributed by atoms with Crippen molar-refractivity contribution in [2.45, 2.75) is 18.9 Å². The molecule has 0 fully saturated rings. The molecule has 0 saturated carbocycles. The van der Waals surface area contributed by atoms with Crippen LogP contribution in [0.1, 0.15) is 29.3 Å². The van der Waals surface area contributed by atoms with E-state index in [1.54, 1.807) is 12.1 Å². The molecule has 22 heavy (non-hydrogen) atoms. The zero-order valence-electron chi connectivity index (χ0n) is 12.6. The van der Waals surface area contributed by atoms with Crippen LogP contribution < -0.4 is 5.32 Å². The third-order valence-corrected chi connectivity index (χ3v) is 3.61. The Morgan fingerprint density at radius 1 is 1.05 bits per heavy atom. The topological polar surface area (TPSA) is 46.2 Å². The highest BCUT2D eigenvalue weighted by Gasteiger charge is 2.31. The Kier molecular flexibility index (Phi) is 4.89. The van der Waals surface area contributed by atoms with E-state index in [0.717, 1.165) is 5.56 Å². The van der Waals surface area contributed by atoms with E-state index >= 15 is 0 Å². The molecule has 2 rings (SSSR count). The monoisotopic (exact) mass is 293 g/mol. The number of ketones is 1. The molecule has 1 amide bonds. The minimum atomic E-state index is -0.778. The molecular formula is C19H19NO2.